The highest BCUT2D eigenvalue weighted by Crippen LogP contribution is 2.27. The summed E-state index contributed by atoms with van der Waals surface area (Å²) in [6, 6.07) is 10.3. The van der Waals surface area contributed by atoms with Crippen LogP contribution in [0.3, 0.4) is 0 Å². The molecule has 25 heavy (non-hydrogen) atoms. The third kappa shape index (κ3) is 2.55. The van der Waals surface area contributed by atoms with E-state index in [0.29, 0.717) is 0 Å². The lowest BCUT2D eigenvalue weighted by Gasteiger charge is -2.24. The van der Waals surface area contributed by atoms with Crippen molar-refractivity contribution < 1.29 is 4.74 Å². The summed E-state index contributed by atoms with van der Waals surface area (Å²) in [6.07, 6.45) is 9.36. The van der Waals surface area contributed by atoms with Gasteiger partial charge in [0.2, 0.25) is 0 Å². The van der Waals surface area contributed by atoms with Crippen LogP contribution < -0.4 is 10.2 Å². The average Bonchev–Trinajstić information content (AvgIpc) is 3.29. The zero-order valence-corrected chi connectivity index (χ0v) is 13.6. The molecule has 4 heterocycles. The van der Waals surface area contributed by atoms with Gasteiger partial charge in [-0.1, -0.05) is 12.1 Å². The lowest BCUT2D eigenvalue weighted by Crippen LogP contribution is -2.38. The lowest BCUT2D eigenvalue weighted by molar-refractivity contribution is 0.356. The van der Waals surface area contributed by atoms with Crippen molar-refractivity contribution in [2.24, 2.45) is 10.2 Å². The zero-order valence-electron chi connectivity index (χ0n) is 13.6. The summed E-state index contributed by atoms with van der Waals surface area (Å²) in [6.45, 7) is 0.778. The zero-order chi connectivity index (χ0) is 16.6. The fraction of sp³-hybridized carbons (Fsp3) is 0.211. The van der Waals surface area contributed by atoms with E-state index in [1.54, 1.807) is 12.4 Å². The first-order valence-electron chi connectivity index (χ1n) is 8.40. The molecule has 0 fully saturated rings. The number of allylic oxidation sites excluding steroid dienone is 1. The second kappa shape index (κ2) is 5.73. The molecule has 0 saturated heterocycles. The van der Waals surface area contributed by atoms with Crippen LogP contribution in [0.25, 0.3) is 0 Å². The van der Waals surface area contributed by atoms with E-state index >= 15 is 0 Å². The van der Waals surface area contributed by atoms with Crippen LogP contribution in [-0.4, -0.2) is 34.3 Å². The van der Waals surface area contributed by atoms with Crippen molar-refractivity contribution >= 4 is 11.5 Å². The minimum atomic E-state index is -0.0154. The number of nitrogens with one attached hydrogen (secondary N) is 1. The second-order valence-corrected chi connectivity index (χ2v) is 6.24. The summed E-state index contributed by atoms with van der Waals surface area (Å²) in [5, 5.41) is 11.2. The summed E-state index contributed by atoms with van der Waals surface area (Å²) < 4.78 is 5.58. The molecule has 0 saturated carbocycles. The summed E-state index contributed by atoms with van der Waals surface area (Å²) in [5.41, 5.74) is 7.60. The Morgan fingerprint density at radius 2 is 2.12 bits per heavy atom. The van der Waals surface area contributed by atoms with Crippen LogP contribution in [0, 0.1) is 0 Å². The lowest BCUT2D eigenvalue weighted by atomic mass is 10.1. The molecule has 6 heteroatoms. The molecule has 0 bridgehead atoms. The van der Waals surface area contributed by atoms with Crippen LogP contribution in [0.5, 0.6) is 5.75 Å². The van der Waals surface area contributed by atoms with Crippen molar-refractivity contribution in [2.45, 2.75) is 19.0 Å². The second-order valence-electron chi connectivity index (χ2n) is 6.24. The van der Waals surface area contributed by atoms with Crippen LogP contribution in [0.4, 0.5) is 0 Å². The molecule has 0 aliphatic carbocycles. The van der Waals surface area contributed by atoms with Crippen LogP contribution in [0.1, 0.15) is 16.7 Å². The summed E-state index contributed by atoms with van der Waals surface area (Å²) in [5.74, 6) is 1.92. The highest BCUT2D eigenvalue weighted by atomic mass is 16.5. The first-order chi connectivity index (χ1) is 12.4. The molecule has 1 N–H and O–H groups in total. The van der Waals surface area contributed by atoms with Crippen molar-refractivity contribution in [3.63, 3.8) is 0 Å². The van der Waals surface area contributed by atoms with Gasteiger partial charge < -0.3 is 4.74 Å². The molecule has 0 spiro atoms. The maximum absolute atomic E-state index is 5.58. The van der Waals surface area contributed by atoms with Gasteiger partial charge in [0, 0.05) is 30.8 Å². The minimum absolute atomic E-state index is 0.0154. The van der Waals surface area contributed by atoms with Crippen molar-refractivity contribution in [1.82, 2.24) is 15.4 Å². The van der Waals surface area contributed by atoms with Gasteiger partial charge in [-0.15, -0.1) is 0 Å². The van der Waals surface area contributed by atoms with Gasteiger partial charge in [-0.2, -0.15) is 10.2 Å². The molecule has 0 radical (unpaired) electrons. The molecule has 6 nitrogen and oxygen atoms in total. The average molecular weight is 331 g/mol. The molecule has 3 aliphatic heterocycles. The molecule has 5 rings (SSSR count). The van der Waals surface area contributed by atoms with E-state index in [2.05, 4.69) is 39.8 Å². The van der Waals surface area contributed by atoms with Gasteiger partial charge in [0.15, 0.2) is 12.0 Å². The van der Waals surface area contributed by atoms with E-state index in [-0.39, 0.29) is 6.17 Å². The highest BCUT2D eigenvalue weighted by Gasteiger charge is 2.29. The molecule has 1 unspecified atom stereocenters. The third-order valence-corrected chi connectivity index (χ3v) is 4.60. The Bertz CT molecular complexity index is 903. The largest absolute Gasteiger partial charge is 0.493 e. The normalized spacial score (nSPS) is 20.3. The number of rotatable bonds is 3. The fourth-order valence-corrected chi connectivity index (χ4v) is 3.31. The van der Waals surface area contributed by atoms with Crippen LogP contribution in [-0.2, 0) is 12.8 Å². The molecular weight excluding hydrogens is 314 g/mol. The van der Waals surface area contributed by atoms with E-state index in [4.69, 9.17) is 9.84 Å². The summed E-state index contributed by atoms with van der Waals surface area (Å²) >= 11 is 0. The number of aromatic nitrogens is 1. The molecule has 3 aliphatic rings. The standard InChI is InChI=1S/C19H17N5O/c1-3-17-15(7-10-25-17)11-13(1)12-19-22-21-18-4-2-16(23-24(18)19)14-5-8-20-9-6-14/h1-6,8-9,11,18,21H,7,10,12H2. The number of hydrogen-bond donors (Lipinski definition) is 1. The number of ether oxygens (including phenoxy) is 1. The molecule has 124 valence electrons. The third-order valence-electron chi connectivity index (χ3n) is 4.60. The van der Waals surface area contributed by atoms with E-state index in [1.807, 2.05) is 23.2 Å². The number of hydrogen-bond acceptors (Lipinski definition) is 6. The van der Waals surface area contributed by atoms with Crippen LogP contribution in [0.15, 0.2) is 65.1 Å². The van der Waals surface area contributed by atoms with E-state index < -0.39 is 0 Å². The number of amidine groups is 1. The number of hydrazone groups is 2. The topological polar surface area (TPSA) is 62.1 Å². The van der Waals surface area contributed by atoms with Crippen molar-refractivity contribution in [3.8, 4) is 5.75 Å². The van der Waals surface area contributed by atoms with Gasteiger partial charge in [0.1, 0.15) is 5.75 Å². The van der Waals surface area contributed by atoms with Crippen molar-refractivity contribution in [2.75, 3.05) is 6.61 Å². The number of fused-ring (bicyclic) bond motifs is 2. The van der Waals surface area contributed by atoms with E-state index in [1.165, 1.54) is 11.1 Å². The molecule has 1 aromatic heterocycles. The van der Waals surface area contributed by atoms with Crippen molar-refractivity contribution in [1.29, 1.82) is 0 Å². The van der Waals surface area contributed by atoms with Crippen molar-refractivity contribution in [3.05, 3.63) is 71.6 Å². The highest BCUT2D eigenvalue weighted by molar-refractivity contribution is 6.09. The maximum Gasteiger partial charge on any atom is 0.157 e. The van der Waals surface area contributed by atoms with Crippen LogP contribution >= 0.6 is 0 Å². The SMILES string of the molecule is C1=CC2NN=C(Cc3ccc4c(c3)CCO4)N2N=C1c1ccncc1. The molecule has 1 aromatic carbocycles. The molecular formula is C19H17N5O. The Labute approximate surface area is 145 Å². The van der Waals surface area contributed by atoms with Gasteiger partial charge in [-0.05, 0) is 41.5 Å². The fourth-order valence-electron chi connectivity index (χ4n) is 3.31. The van der Waals surface area contributed by atoms with E-state index in [0.717, 1.165) is 42.3 Å². The van der Waals surface area contributed by atoms with Gasteiger partial charge in [-0.25, -0.2) is 5.01 Å². The van der Waals surface area contributed by atoms with E-state index in [9.17, 15) is 0 Å². The minimum Gasteiger partial charge on any atom is -0.493 e. The predicted molar refractivity (Wildman–Crippen MR) is 95.5 cm³/mol. The van der Waals surface area contributed by atoms with Gasteiger partial charge in [0.05, 0.1) is 12.3 Å². The Morgan fingerprint density at radius 3 is 3.04 bits per heavy atom. The summed E-state index contributed by atoms with van der Waals surface area (Å²) in [7, 11) is 0. The van der Waals surface area contributed by atoms with Gasteiger partial charge in [-0.3, -0.25) is 10.4 Å². The number of pyridine rings is 1. The summed E-state index contributed by atoms with van der Waals surface area (Å²) in [4.78, 5) is 4.07. The Balaban J connectivity index is 1.40. The molecule has 1 atom stereocenters. The molecule has 2 aromatic rings. The monoisotopic (exact) mass is 331 g/mol. The Morgan fingerprint density at radius 1 is 1.20 bits per heavy atom. The maximum atomic E-state index is 5.58. The predicted octanol–water partition coefficient (Wildman–Crippen LogP) is 2.08. The number of benzene rings is 1. The number of nitrogens with zero attached hydrogens (tertiary/aromatic N) is 4. The Kier molecular flexibility index (Phi) is 3.26. The quantitative estimate of drug-likeness (QED) is 0.935. The van der Waals surface area contributed by atoms with Gasteiger partial charge in [0.25, 0.3) is 0 Å². The molecule has 0 amide bonds. The smallest absolute Gasteiger partial charge is 0.157 e. The first kappa shape index (κ1) is 14.2. The van der Waals surface area contributed by atoms with Crippen LogP contribution in [0.2, 0.25) is 0 Å². The Hall–Kier alpha value is -3.15. The first-order valence-corrected chi connectivity index (χ1v) is 8.40. The van der Waals surface area contributed by atoms with Gasteiger partial charge >= 0.3 is 0 Å².